The van der Waals surface area contributed by atoms with Gasteiger partial charge in [-0.2, -0.15) is 13.2 Å². The number of rotatable bonds is 3. The summed E-state index contributed by atoms with van der Waals surface area (Å²) in [4.78, 5) is 29.3. The van der Waals surface area contributed by atoms with Crippen LogP contribution in [-0.4, -0.2) is 39.3 Å². The number of alkyl halides is 3. The highest BCUT2D eigenvalue weighted by molar-refractivity contribution is 7.99. The molecule has 2 heterocycles. The van der Waals surface area contributed by atoms with Crippen LogP contribution in [-0.2, 0) is 16.6 Å². The lowest BCUT2D eigenvalue weighted by atomic mass is 10.1. The molecule has 1 atom stereocenters. The number of anilines is 2. The van der Waals surface area contributed by atoms with Gasteiger partial charge in [-0.1, -0.05) is 23.9 Å². The Balaban J connectivity index is 1.94. The molecule has 2 amide bonds. The highest BCUT2D eigenvalue weighted by atomic mass is 32.2. The van der Waals surface area contributed by atoms with Crippen LogP contribution in [0.4, 0.5) is 24.5 Å². The minimum absolute atomic E-state index is 0.0334. The first-order valence-electron chi connectivity index (χ1n) is 7.65. The zero-order valence-corrected chi connectivity index (χ0v) is 14.5. The van der Waals surface area contributed by atoms with E-state index in [1.54, 1.807) is 23.9 Å². The summed E-state index contributed by atoms with van der Waals surface area (Å²) in [7, 11) is 1.72. The number of aryl methyl sites for hydroxylation is 1. The summed E-state index contributed by atoms with van der Waals surface area (Å²) in [6.07, 6.45) is -2.38. The molecule has 1 aromatic heterocycles. The average molecular weight is 384 g/mol. The predicted octanol–water partition coefficient (Wildman–Crippen LogP) is 2.82. The Labute approximate surface area is 151 Å². The van der Waals surface area contributed by atoms with E-state index >= 15 is 0 Å². The van der Waals surface area contributed by atoms with E-state index in [1.807, 2.05) is 0 Å². The Kier molecular flexibility index (Phi) is 4.94. The number of halogens is 3. The monoisotopic (exact) mass is 384 g/mol. The molecule has 0 saturated heterocycles. The summed E-state index contributed by atoms with van der Waals surface area (Å²) in [5.41, 5.74) is 0.214. The van der Waals surface area contributed by atoms with Gasteiger partial charge in [-0.15, -0.1) is 0 Å². The predicted molar refractivity (Wildman–Crippen MR) is 90.9 cm³/mol. The van der Waals surface area contributed by atoms with Gasteiger partial charge in [-0.25, -0.2) is 4.98 Å². The van der Waals surface area contributed by atoms with Crippen molar-refractivity contribution in [2.24, 2.45) is 7.05 Å². The Morgan fingerprint density at radius 3 is 2.77 bits per heavy atom. The van der Waals surface area contributed by atoms with E-state index in [2.05, 4.69) is 10.3 Å². The summed E-state index contributed by atoms with van der Waals surface area (Å²) >= 11 is 1.04. The van der Waals surface area contributed by atoms with Gasteiger partial charge in [0.25, 0.3) is 0 Å². The number of nitrogens with zero attached hydrogens (tertiary/aromatic N) is 3. The van der Waals surface area contributed by atoms with Crippen LogP contribution >= 0.6 is 11.8 Å². The third kappa shape index (κ3) is 3.69. The van der Waals surface area contributed by atoms with E-state index in [9.17, 15) is 22.8 Å². The number of benzene rings is 1. The van der Waals surface area contributed by atoms with Gasteiger partial charge in [0.15, 0.2) is 5.16 Å². The second-order valence-corrected chi connectivity index (χ2v) is 6.64. The van der Waals surface area contributed by atoms with E-state index in [1.165, 1.54) is 24.4 Å². The molecule has 6 nitrogen and oxygen atoms in total. The van der Waals surface area contributed by atoms with Crippen molar-refractivity contribution in [3.05, 3.63) is 36.7 Å². The lowest BCUT2D eigenvalue weighted by Crippen LogP contribution is -2.50. The molecule has 0 bridgehead atoms. The molecule has 3 rings (SSSR count). The van der Waals surface area contributed by atoms with E-state index in [0.717, 1.165) is 11.8 Å². The Hall–Kier alpha value is -2.49. The summed E-state index contributed by atoms with van der Waals surface area (Å²) in [6, 6.07) is 3.75. The molecule has 0 spiro atoms. The van der Waals surface area contributed by atoms with Crippen LogP contribution in [0.25, 0.3) is 0 Å². The number of nitrogens with one attached hydrogen (secondary N) is 1. The third-order valence-corrected chi connectivity index (χ3v) is 4.92. The second kappa shape index (κ2) is 7.02. The van der Waals surface area contributed by atoms with Gasteiger partial charge in [-0.05, 0) is 12.1 Å². The normalized spacial score (nSPS) is 17.5. The van der Waals surface area contributed by atoms with Crippen LogP contribution in [0.15, 0.2) is 41.8 Å². The van der Waals surface area contributed by atoms with E-state index < -0.39 is 30.5 Å². The van der Waals surface area contributed by atoms with Crippen LogP contribution in [0, 0.1) is 0 Å². The first-order valence-corrected chi connectivity index (χ1v) is 8.63. The molecule has 0 saturated carbocycles. The van der Waals surface area contributed by atoms with Gasteiger partial charge in [0.05, 0.1) is 23.5 Å². The first kappa shape index (κ1) is 18.3. The number of fused-ring (bicyclic) bond motifs is 1. The van der Waals surface area contributed by atoms with Crippen molar-refractivity contribution >= 4 is 35.0 Å². The summed E-state index contributed by atoms with van der Waals surface area (Å²) in [6.45, 7) is 0. The number of amides is 2. The maximum Gasteiger partial charge on any atom is 0.409 e. The average Bonchev–Trinajstić information content (AvgIpc) is 2.90. The van der Waals surface area contributed by atoms with E-state index in [0.29, 0.717) is 10.1 Å². The van der Waals surface area contributed by atoms with Crippen molar-refractivity contribution in [2.45, 2.75) is 23.8 Å². The van der Waals surface area contributed by atoms with Crippen LogP contribution in [0.2, 0.25) is 0 Å². The molecule has 0 fully saturated rings. The number of carbonyl (C=O) groups excluding carboxylic acids is 2. The smallest absolute Gasteiger partial charge is 0.329 e. The lowest BCUT2D eigenvalue weighted by Gasteiger charge is -2.31. The van der Waals surface area contributed by atoms with Crippen LogP contribution in [0.3, 0.4) is 0 Å². The van der Waals surface area contributed by atoms with Crippen LogP contribution in [0.5, 0.6) is 0 Å². The SMILES string of the molecule is Cn1ccnc1SCC(=O)N1c2ccccc2NC(=O)CC1C(F)(F)F. The number of hydrogen-bond donors (Lipinski definition) is 1. The molecule has 1 N–H and O–H groups in total. The second-order valence-electron chi connectivity index (χ2n) is 5.70. The number of thioether (sulfide) groups is 1. The van der Waals surface area contributed by atoms with Crippen molar-refractivity contribution < 1.29 is 22.8 Å². The number of imidazole rings is 1. The lowest BCUT2D eigenvalue weighted by molar-refractivity contribution is -0.157. The summed E-state index contributed by atoms with van der Waals surface area (Å²) < 4.78 is 42.4. The van der Waals surface area contributed by atoms with Crippen molar-refractivity contribution in [2.75, 3.05) is 16.0 Å². The molecule has 26 heavy (non-hydrogen) atoms. The minimum Gasteiger partial charge on any atom is -0.329 e. The standard InChI is InChI=1S/C16H15F3N4O2S/c1-22-7-6-20-15(22)26-9-14(25)23-11-5-3-2-4-10(11)21-13(24)8-12(23)16(17,18)19/h2-7,12H,8-9H2,1H3,(H,21,24). The number of para-hydroxylation sites is 2. The van der Waals surface area contributed by atoms with Crippen molar-refractivity contribution in [3.8, 4) is 0 Å². The molecule has 1 unspecified atom stereocenters. The van der Waals surface area contributed by atoms with Gasteiger partial charge in [0.2, 0.25) is 11.8 Å². The molecule has 1 aliphatic heterocycles. The third-order valence-electron chi connectivity index (χ3n) is 3.88. The fourth-order valence-electron chi connectivity index (χ4n) is 2.68. The quantitative estimate of drug-likeness (QED) is 0.827. The maximum atomic E-state index is 13.6. The molecular weight excluding hydrogens is 369 g/mol. The summed E-state index contributed by atoms with van der Waals surface area (Å²) in [5.74, 6) is -1.77. The van der Waals surface area contributed by atoms with Crippen molar-refractivity contribution in [1.82, 2.24) is 9.55 Å². The Morgan fingerprint density at radius 2 is 2.12 bits per heavy atom. The van der Waals surface area contributed by atoms with E-state index in [4.69, 9.17) is 0 Å². The van der Waals surface area contributed by atoms with Crippen LogP contribution in [0.1, 0.15) is 6.42 Å². The maximum absolute atomic E-state index is 13.6. The minimum atomic E-state index is -4.74. The van der Waals surface area contributed by atoms with Gasteiger partial charge in [0.1, 0.15) is 6.04 Å². The zero-order chi connectivity index (χ0) is 18.9. The van der Waals surface area contributed by atoms with Crippen molar-refractivity contribution in [1.29, 1.82) is 0 Å². The van der Waals surface area contributed by atoms with Crippen LogP contribution < -0.4 is 10.2 Å². The van der Waals surface area contributed by atoms with Gasteiger partial charge >= 0.3 is 6.18 Å². The number of carbonyl (C=O) groups is 2. The largest absolute Gasteiger partial charge is 0.409 e. The van der Waals surface area contributed by atoms with Crippen molar-refractivity contribution in [3.63, 3.8) is 0 Å². The van der Waals surface area contributed by atoms with Gasteiger partial charge in [-0.3, -0.25) is 14.5 Å². The molecular formula is C16H15F3N4O2S. The summed E-state index contributed by atoms with van der Waals surface area (Å²) in [5, 5.41) is 2.95. The molecule has 2 aromatic rings. The molecule has 10 heteroatoms. The molecule has 138 valence electrons. The number of hydrogen-bond acceptors (Lipinski definition) is 4. The highest BCUT2D eigenvalue weighted by Gasteiger charge is 2.48. The fraction of sp³-hybridized carbons (Fsp3) is 0.312. The Bertz CT molecular complexity index is 837. The fourth-order valence-corrected chi connectivity index (χ4v) is 3.47. The topological polar surface area (TPSA) is 67.2 Å². The molecule has 1 aromatic carbocycles. The molecule has 1 aliphatic rings. The van der Waals surface area contributed by atoms with E-state index in [-0.39, 0.29) is 17.1 Å². The Morgan fingerprint density at radius 1 is 1.38 bits per heavy atom. The van der Waals surface area contributed by atoms with Gasteiger partial charge in [0, 0.05) is 19.4 Å². The molecule has 0 aliphatic carbocycles. The number of aromatic nitrogens is 2. The van der Waals surface area contributed by atoms with Gasteiger partial charge < -0.3 is 9.88 Å². The highest BCUT2D eigenvalue weighted by Crippen LogP contribution is 2.38. The molecule has 0 radical (unpaired) electrons. The zero-order valence-electron chi connectivity index (χ0n) is 13.7. The first-order chi connectivity index (χ1) is 12.3.